The van der Waals surface area contributed by atoms with Gasteiger partial charge in [-0.25, -0.2) is 0 Å². The van der Waals surface area contributed by atoms with Crippen LogP contribution < -0.4 is 18.9 Å². The summed E-state index contributed by atoms with van der Waals surface area (Å²) >= 11 is 0. The molecule has 4 aliphatic carbocycles. The van der Waals surface area contributed by atoms with E-state index in [-0.39, 0.29) is 45.3 Å². The van der Waals surface area contributed by atoms with Crippen molar-refractivity contribution in [1.29, 1.82) is 0 Å². The van der Waals surface area contributed by atoms with Gasteiger partial charge in [-0.2, -0.15) is 0 Å². The van der Waals surface area contributed by atoms with Gasteiger partial charge in [0.05, 0.1) is 28.4 Å². The van der Waals surface area contributed by atoms with E-state index in [1.807, 2.05) is 0 Å². The molecule has 24 heavy (non-hydrogen) atoms. The fraction of sp³-hybridized carbons (Fsp3) is 0.400. The maximum atomic E-state index is 8.73. The molecule has 2 aromatic carbocycles. The van der Waals surface area contributed by atoms with Gasteiger partial charge < -0.3 is 18.9 Å². The molecular formula is C20H24O4. The molecule has 0 radical (unpaired) electrons. The number of hydrogen-bond donors (Lipinski definition) is 0. The first-order valence-corrected chi connectivity index (χ1v) is 7.26. The van der Waals surface area contributed by atoms with Gasteiger partial charge >= 0.3 is 0 Å². The molecule has 0 fully saturated rings. The van der Waals surface area contributed by atoms with E-state index >= 15 is 0 Å². The number of ether oxygens (including phenoxy) is 4. The molecule has 0 unspecified atom stereocenters. The Morgan fingerprint density at radius 3 is 0.917 bits per heavy atom. The van der Waals surface area contributed by atoms with Crippen LogP contribution in [0.4, 0.5) is 0 Å². The Morgan fingerprint density at radius 1 is 0.542 bits per heavy atom. The molecule has 0 amide bonds. The van der Waals surface area contributed by atoms with Gasteiger partial charge in [0.15, 0.2) is 0 Å². The Hall–Kier alpha value is -2.36. The van der Waals surface area contributed by atoms with Crippen LogP contribution in [0.15, 0.2) is 24.3 Å². The zero-order valence-corrected chi connectivity index (χ0v) is 13.9. The largest absolute Gasteiger partial charge is 0.496 e. The predicted octanol–water partition coefficient (Wildman–Crippen LogP) is 3.60. The summed E-state index contributed by atoms with van der Waals surface area (Å²) in [6.07, 6.45) is -10.8. The number of benzene rings is 2. The molecule has 0 heterocycles. The summed E-state index contributed by atoms with van der Waals surface area (Å²) < 4.78 is 91.0. The maximum absolute atomic E-state index is 8.73. The lowest BCUT2D eigenvalue weighted by Gasteiger charge is -2.19. The third-order valence-electron chi connectivity index (χ3n) is 3.71. The number of methoxy groups -OCH3 is 4. The van der Waals surface area contributed by atoms with Crippen LogP contribution in [0, 0.1) is 0 Å². The molecule has 0 N–H and O–H groups in total. The second-order valence-electron chi connectivity index (χ2n) is 5.01. The second kappa shape index (κ2) is 7.04. The third kappa shape index (κ3) is 3.01. The van der Waals surface area contributed by atoms with Gasteiger partial charge in [-0.3, -0.25) is 0 Å². The molecule has 4 heteroatoms. The Bertz CT molecular complexity index is 885. The first-order valence-electron chi connectivity index (χ1n) is 11.3. The molecule has 4 aliphatic rings. The van der Waals surface area contributed by atoms with Crippen LogP contribution in [0.3, 0.4) is 0 Å². The van der Waals surface area contributed by atoms with Crippen LogP contribution in [-0.4, -0.2) is 28.4 Å². The lowest BCUT2D eigenvalue weighted by Crippen LogP contribution is -2.06. The van der Waals surface area contributed by atoms with Crippen molar-refractivity contribution in [3.05, 3.63) is 46.5 Å². The van der Waals surface area contributed by atoms with E-state index in [0.717, 1.165) is 24.3 Å². The zero-order chi connectivity index (χ0) is 24.3. The summed E-state index contributed by atoms with van der Waals surface area (Å²) in [5.41, 5.74) is -0.916. The molecule has 0 saturated carbocycles. The summed E-state index contributed by atoms with van der Waals surface area (Å²) in [4.78, 5) is 0. The molecule has 2 aromatic rings. The van der Waals surface area contributed by atoms with Gasteiger partial charge in [-0.05, 0) is 72.0 Å². The van der Waals surface area contributed by atoms with Crippen molar-refractivity contribution >= 4 is 0 Å². The highest BCUT2D eigenvalue weighted by Gasteiger charge is 2.17. The number of aryl methyl sites for hydroxylation is 4. The Morgan fingerprint density at radius 2 is 0.750 bits per heavy atom. The van der Waals surface area contributed by atoms with E-state index in [1.165, 1.54) is 28.4 Å². The molecule has 4 nitrogen and oxygen atoms in total. The van der Waals surface area contributed by atoms with Gasteiger partial charge in [0.25, 0.3) is 0 Å². The van der Waals surface area contributed by atoms with Crippen molar-refractivity contribution in [3.63, 3.8) is 0 Å². The smallest absolute Gasteiger partial charge is 0.122 e. The average molecular weight is 336 g/mol. The van der Waals surface area contributed by atoms with Crippen molar-refractivity contribution in [2.75, 3.05) is 28.4 Å². The highest BCUT2D eigenvalue weighted by atomic mass is 16.5. The number of hydrogen-bond acceptors (Lipinski definition) is 4. The first-order chi connectivity index (χ1) is 14.7. The molecular weight excluding hydrogens is 304 g/mol. The molecule has 0 aliphatic heterocycles. The highest BCUT2D eigenvalue weighted by molar-refractivity contribution is 5.51. The summed E-state index contributed by atoms with van der Waals surface area (Å²) in [7, 11) is 4.98. The van der Waals surface area contributed by atoms with E-state index in [4.69, 9.17) is 29.9 Å². The Balaban J connectivity index is 2.61. The van der Waals surface area contributed by atoms with E-state index in [9.17, 15) is 0 Å². The zero-order valence-electron chi connectivity index (χ0n) is 21.9. The fourth-order valence-corrected chi connectivity index (χ4v) is 2.46. The normalized spacial score (nSPS) is 26.5. The third-order valence-corrected chi connectivity index (χ3v) is 3.71. The molecule has 6 rings (SSSR count). The van der Waals surface area contributed by atoms with Gasteiger partial charge in [0.2, 0.25) is 0 Å². The molecule has 0 spiro atoms. The van der Waals surface area contributed by atoms with Gasteiger partial charge in [-0.1, -0.05) is 0 Å². The lowest BCUT2D eigenvalue weighted by molar-refractivity contribution is 0.388. The Kier molecular flexibility index (Phi) is 2.70. The minimum atomic E-state index is -2.70. The maximum Gasteiger partial charge on any atom is 0.122 e. The monoisotopic (exact) mass is 336 g/mol. The van der Waals surface area contributed by atoms with Crippen molar-refractivity contribution in [3.8, 4) is 23.0 Å². The van der Waals surface area contributed by atoms with Gasteiger partial charge in [0, 0.05) is 11.0 Å². The minimum absolute atomic E-state index is 0.143. The van der Waals surface area contributed by atoms with Crippen molar-refractivity contribution in [2.24, 2.45) is 0 Å². The van der Waals surface area contributed by atoms with Crippen LogP contribution in [0.5, 0.6) is 23.0 Å². The standard InChI is InChI=1S/C20H24O4/c1-21-17-9-14-7-8-16-12-19(23-3)15(11-20(16)24-4)6-5-13(17)10-18(14)22-2/h9-12H,5-8H2,1-4H3/i5D2,6D2,7D2,8D2. The predicted molar refractivity (Wildman–Crippen MR) is 93.9 cm³/mol. The van der Waals surface area contributed by atoms with Crippen LogP contribution in [0.1, 0.15) is 33.2 Å². The first kappa shape index (κ1) is 9.21. The van der Waals surface area contributed by atoms with Crippen LogP contribution in [-0.2, 0) is 25.5 Å². The van der Waals surface area contributed by atoms with Crippen molar-refractivity contribution < 1.29 is 29.9 Å². The quantitative estimate of drug-likeness (QED) is 0.855. The lowest BCUT2D eigenvalue weighted by atomic mass is 9.94. The van der Waals surface area contributed by atoms with Crippen LogP contribution in [0.2, 0.25) is 0 Å². The van der Waals surface area contributed by atoms with Gasteiger partial charge in [-0.15, -0.1) is 0 Å². The summed E-state index contributed by atoms with van der Waals surface area (Å²) in [5.74, 6) is -0.573. The summed E-state index contributed by atoms with van der Waals surface area (Å²) in [6, 6.07) is 4.60. The van der Waals surface area contributed by atoms with E-state index < -0.39 is 25.5 Å². The van der Waals surface area contributed by atoms with Crippen molar-refractivity contribution in [1.82, 2.24) is 0 Å². The molecule has 4 bridgehead atoms. The average Bonchev–Trinajstić information content (AvgIpc) is 2.75. The number of rotatable bonds is 4. The highest BCUT2D eigenvalue weighted by Crippen LogP contribution is 2.36. The van der Waals surface area contributed by atoms with E-state index in [0.29, 0.717) is 0 Å². The van der Waals surface area contributed by atoms with Crippen LogP contribution >= 0.6 is 0 Å². The van der Waals surface area contributed by atoms with Crippen molar-refractivity contribution in [2.45, 2.75) is 25.5 Å². The summed E-state index contributed by atoms with van der Waals surface area (Å²) in [5, 5.41) is 0. The second-order valence-corrected chi connectivity index (χ2v) is 5.01. The topological polar surface area (TPSA) is 36.9 Å². The molecule has 128 valence electrons. The van der Waals surface area contributed by atoms with Gasteiger partial charge in [0.1, 0.15) is 23.0 Å². The molecule has 0 aromatic heterocycles. The SMILES string of the molecule is [2H]C1([2H])c2cc(OC)c(cc2OC)C([2H])([2H])C([2H])([2H])c2cc(OC)c(cc2OC)C1([2H])[2H]. The summed E-state index contributed by atoms with van der Waals surface area (Å²) in [6.45, 7) is 0. The Labute approximate surface area is 154 Å². The van der Waals surface area contributed by atoms with Crippen LogP contribution in [0.25, 0.3) is 0 Å². The fourth-order valence-electron chi connectivity index (χ4n) is 2.46. The van der Waals surface area contributed by atoms with E-state index in [1.54, 1.807) is 0 Å². The van der Waals surface area contributed by atoms with E-state index in [2.05, 4.69) is 0 Å². The molecule has 0 saturated heterocycles. The minimum Gasteiger partial charge on any atom is -0.496 e. The molecule has 0 atom stereocenters.